The molecule has 0 aromatic carbocycles. The average molecular weight is 155 g/mol. The van der Waals surface area contributed by atoms with Crippen molar-refractivity contribution in [2.75, 3.05) is 13.1 Å². The number of nitrogens with one attached hydrogen (secondary N) is 1. The van der Waals surface area contributed by atoms with Crippen molar-refractivity contribution in [1.29, 1.82) is 0 Å². The highest BCUT2D eigenvalue weighted by Gasteiger charge is 2.50. The van der Waals surface area contributed by atoms with E-state index < -0.39 is 5.97 Å². The van der Waals surface area contributed by atoms with Gasteiger partial charge in [-0.05, 0) is 12.8 Å². The highest BCUT2D eigenvalue weighted by Crippen LogP contribution is 2.46. The monoisotopic (exact) mass is 155 g/mol. The summed E-state index contributed by atoms with van der Waals surface area (Å²) in [7, 11) is 0. The van der Waals surface area contributed by atoms with Crippen molar-refractivity contribution in [1.82, 2.24) is 5.32 Å². The number of carboxylic acid groups (broad SMARTS) is 1. The molecule has 2 fully saturated rings. The van der Waals surface area contributed by atoms with Gasteiger partial charge in [0.15, 0.2) is 0 Å². The van der Waals surface area contributed by atoms with Gasteiger partial charge in [-0.15, -0.1) is 0 Å². The molecule has 1 aliphatic carbocycles. The SMILES string of the molecule is O=C(O)C1CCCC12CNC2. The van der Waals surface area contributed by atoms with Crippen molar-refractivity contribution in [3.05, 3.63) is 0 Å². The lowest BCUT2D eigenvalue weighted by Crippen LogP contribution is -2.56. The van der Waals surface area contributed by atoms with Crippen LogP contribution < -0.4 is 5.32 Å². The number of aliphatic carboxylic acids is 1. The largest absolute Gasteiger partial charge is 0.481 e. The van der Waals surface area contributed by atoms with E-state index in [-0.39, 0.29) is 11.3 Å². The van der Waals surface area contributed by atoms with Crippen LogP contribution in [0.15, 0.2) is 0 Å². The molecule has 0 aromatic heterocycles. The molecule has 1 atom stereocenters. The van der Waals surface area contributed by atoms with E-state index >= 15 is 0 Å². The lowest BCUT2D eigenvalue weighted by Gasteiger charge is -2.42. The molecule has 11 heavy (non-hydrogen) atoms. The second kappa shape index (κ2) is 2.21. The number of hydrogen-bond acceptors (Lipinski definition) is 2. The minimum Gasteiger partial charge on any atom is -0.481 e. The molecular formula is C8H13NO2. The lowest BCUT2D eigenvalue weighted by atomic mass is 9.73. The molecule has 1 unspecified atom stereocenters. The van der Waals surface area contributed by atoms with Crippen molar-refractivity contribution in [3.63, 3.8) is 0 Å². The maximum atomic E-state index is 10.8. The molecule has 3 nitrogen and oxygen atoms in total. The summed E-state index contributed by atoms with van der Waals surface area (Å²) >= 11 is 0. The Morgan fingerprint density at radius 1 is 1.55 bits per heavy atom. The van der Waals surface area contributed by atoms with E-state index in [4.69, 9.17) is 5.11 Å². The normalized spacial score (nSPS) is 33.6. The van der Waals surface area contributed by atoms with E-state index in [2.05, 4.69) is 5.32 Å². The van der Waals surface area contributed by atoms with E-state index in [1.807, 2.05) is 0 Å². The van der Waals surface area contributed by atoms with Gasteiger partial charge < -0.3 is 10.4 Å². The average Bonchev–Trinajstić information content (AvgIpc) is 2.27. The van der Waals surface area contributed by atoms with Crippen molar-refractivity contribution in [2.45, 2.75) is 19.3 Å². The number of carbonyl (C=O) groups is 1. The van der Waals surface area contributed by atoms with Gasteiger partial charge in [0.1, 0.15) is 0 Å². The zero-order valence-electron chi connectivity index (χ0n) is 6.47. The van der Waals surface area contributed by atoms with Crippen molar-refractivity contribution in [3.8, 4) is 0 Å². The van der Waals surface area contributed by atoms with Crippen molar-refractivity contribution >= 4 is 5.97 Å². The van der Waals surface area contributed by atoms with Gasteiger partial charge in [0, 0.05) is 18.5 Å². The summed E-state index contributed by atoms with van der Waals surface area (Å²) in [5.74, 6) is -0.659. The Morgan fingerprint density at radius 2 is 2.27 bits per heavy atom. The van der Waals surface area contributed by atoms with E-state index in [9.17, 15) is 4.79 Å². The van der Waals surface area contributed by atoms with E-state index in [1.54, 1.807) is 0 Å². The van der Waals surface area contributed by atoms with Gasteiger partial charge in [-0.25, -0.2) is 0 Å². The van der Waals surface area contributed by atoms with Gasteiger partial charge in [0.05, 0.1) is 5.92 Å². The Labute approximate surface area is 65.8 Å². The van der Waals surface area contributed by atoms with E-state index in [0.29, 0.717) is 0 Å². The Hall–Kier alpha value is -0.570. The molecule has 0 radical (unpaired) electrons. The number of rotatable bonds is 1. The van der Waals surface area contributed by atoms with Gasteiger partial charge >= 0.3 is 5.97 Å². The van der Waals surface area contributed by atoms with Crippen LogP contribution in [0, 0.1) is 11.3 Å². The Bertz CT molecular complexity index is 187. The fourth-order valence-corrected chi connectivity index (χ4v) is 2.39. The van der Waals surface area contributed by atoms with Crippen LogP contribution in [0.5, 0.6) is 0 Å². The van der Waals surface area contributed by atoms with E-state index in [1.165, 1.54) is 0 Å². The molecule has 2 aliphatic rings. The summed E-state index contributed by atoms with van der Waals surface area (Å²) in [6.07, 6.45) is 3.09. The molecule has 1 saturated heterocycles. The molecule has 1 saturated carbocycles. The number of hydrogen-bond donors (Lipinski definition) is 2. The molecule has 62 valence electrons. The summed E-state index contributed by atoms with van der Waals surface area (Å²) in [5.41, 5.74) is 0.145. The van der Waals surface area contributed by atoms with Gasteiger partial charge in [0.25, 0.3) is 0 Å². The quantitative estimate of drug-likeness (QED) is 0.578. The Balaban J connectivity index is 2.13. The summed E-state index contributed by atoms with van der Waals surface area (Å²) < 4.78 is 0. The van der Waals surface area contributed by atoms with Gasteiger partial charge in [-0.2, -0.15) is 0 Å². The van der Waals surface area contributed by atoms with Crippen LogP contribution in [0.2, 0.25) is 0 Å². The maximum Gasteiger partial charge on any atom is 0.307 e. The van der Waals surface area contributed by atoms with Crippen LogP contribution in [-0.2, 0) is 4.79 Å². The summed E-state index contributed by atoms with van der Waals surface area (Å²) in [6.45, 7) is 1.84. The van der Waals surface area contributed by atoms with Crippen LogP contribution in [0.25, 0.3) is 0 Å². The van der Waals surface area contributed by atoms with Gasteiger partial charge in [0.2, 0.25) is 0 Å². The summed E-state index contributed by atoms with van der Waals surface area (Å²) in [4.78, 5) is 10.8. The molecule has 2 N–H and O–H groups in total. The van der Waals surface area contributed by atoms with Crippen LogP contribution in [0.4, 0.5) is 0 Å². The third-order valence-corrected chi connectivity index (χ3v) is 3.16. The van der Waals surface area contributed by atoms with Crippen molar-refractivity contribution < 1.29 is 9.90 Å². The molecule has 0 aromatic rings. The molecule has 1 aliphatic heterocycles. The third kappa shape index (κ3) is 0.872. The predicted octanol–water partition coefficient (Wildman–Crippen LogP) is 0.461. The zero-order valence-corrected chi connectivity index (χ0v) is 6.47. The molecule has 0 bridgehead atoms. The second-order valence-corrected chi connectivity index (χ2v) is 3.75. The smallest absolute Gasteiger partial charge is 0.307 e. The minimum absolute atomic E-state index is 0.0660. The fourth-order valence-electron chi connectivity index (χ4n) is 2.39. The maximum absolute atomic E-state index is 10.8. The van der Waals surface area contributed by atoms with Crippen molar-refractivity contribution in [2.24, 2.45) is 11.3 Å². The predicted molar refractivity (Wildman–Crippen MR) is 40.3 cm³/mol. The third-order valence-electron chi connectivity index (χ3n) is 3.16. The highest BCUT2D eigenvalue weighted by atomic mass is 16.4. The van der Waals surface area contributed by atoms with Crippen LogP contribution in [-0.4, -0.2) is 24.2 Å². The molecule has 1 spiro atoms. The van der Waals surface area contributed by atoms with Crippen LogP contribution >= 0.6 is 0 Å². The topological polar surface area (TPSA) is 49.3 Å². The molecule has 1 heterocycles. The minimum atomic E-state index is -0.594. The second-order valence-electron chi connectivity index (χ2n) is 3.75. The standard InChI is InChI=1S/C8H13NO2/c10-7(11)6-2-1-3-8(6)4-9-5-8/h6,9H,1-5H2,(H,10,11). The Morgan fingerprint density at radius 3 is 2.64 bits per heavy atom. The summed E-state index contributed by atoms with van der Waals surface area (Å²) in [6, 6.07) is 0. The Kier molecular flexibility index (Phi) is 1.42. The summed E-state index contributed by atoms with van der Waals surface area (Å²) in [5, 5.41) is 12.1. The fraction of sp³-hybridized carbons (Fsp3) is 0.875. The first-order valence-corrected chi connectivity index (χ1v) is 4.18. The first-order chi connectivity index (χ1) is 5.25. The molecule has 3 heteroatoms. The van der Waals surface area contributed by atoms with Crippen LogP contribution in [0.3, 0.4) is 0 Å². The van der Waals surface area contributed by atoms with E-state index in [0.717, 1.165) is 32.4 Å². The molecule has 2 rings (SSSR count). The molecular weight excluding hydrogens is 142 g/mol. The number of carboxylic acids is 1. The first-order valence-electron chi connectivity index (χ1n) is 4.18. The van der Waals surface area contributed by atoms with Gasteiger partial charge in [-0.1, -0.05) is 6.42 Å². The zero-order chi connectivity index (χ0) is 7.90. The first kappa shape index (κ1) is 7.10. The highest BCUT2D eigenvalue weighted by molar-refractivity contribution is 5.71. The van der Waals surface area contributed by atoms with Crippen LogP contribution in [0.1, 0.15) is 19.3 Å². The molecule has 0 amide bonds. The van der Waals surface area contributed by atoms with Gasteiger partial charge in [-0.3, -0.25) is 4.79 Å². The lowest BCUT2D eigenvalue weighted by molar-refractivity contribution is -0.146.